The van der Waals surface area contributed by atoms with Crippen molar-refractivity contribution in [3.8, 4) is 0 Å². The van der Waals surface area contributed by atoms with Crippen molar-refractivity contribution in [3.63, 3.8) is 0 Å². The lowest BCUT2D eigenvalue weighted by Crippen LogP contribution is -2.11. The van der Waals surface area contributed by atoms with Crippen LogP contribution in [0.15, 0.2) is 41.3 Å². The summed E-state index contributed by atoms with van der Waals surface area (Å²) in [5.41, 5.74) is 13.5. The van der Waals surface area contributed by atoms with E-state index in [1.165, 1.54) is 0 Å². The van der Waals surface area contributed by atoms with Crippen LogP contribution in [0.5, 0.6) is 0 Å². The molecule has 21 heavy (non-hydrogen) atoms. The fourth-order valence-corrected chi connectivity index (χ4v) is 3.37. The van der Waals surface area contributed by atoms with Crippen LogP contribution in [0, 0.1) is 6.92 Å². The summed E-state index contributed by atoms with van der Waals surface area (Å²) in [6.45, 7) is 1.86. The number of aryl methyl sites for hydroxylation is 1. The second kappa shape index (κ2) is 6.28. The maximum atomic E-state index is 12.4. The van der Waals surface area contributed by atoms with Gasteiger partial charge in [0, 0.05) is 10.5 Å². The molecule has 110 valence electrons. The van der Waals surface area contributed by atoms with Crippen LogP contribution >= 0.6 is 11.6 Å². The number of rotatable bonds is 4. The number of primary amides is 1. The standard InChI is InChI=1S/C15H15ClN2O2S/c1-9-6-10(15(18)19)2-3-11(9)8-21(20)12-4-5-14(17)13(16)7-12/h2-7H,8,17H2,1H3,(H2,18,19). The van der Waals surface area contributed by atoms with Crippen molar-refractivity contribution in [2.24, 2.45) is 5.73 Å². The second-order valence-corrected chi connectivity index (χ2v) is 6.54. The molecule has 0 aliphatic carbocycles. The molecular formula is C15H15ClN2O2S. The monoisotopic (exact) mass is 322 g/mol. The van der Waals surface area contributed by atoms with Crippen LogP contribution in [0.25, 0.3) is 0 Å². The van der Waals surface area contributed by atoms with E-state index in [4.69, 9.17) is 23.1 Å². The quantitative estimate of drug-likeness (QED) is 0.848. The second-order valence-electron chi connectivity index (χ2n) is 4.68. The molecule has 0 radical (unpaired) electrons. The van der Waals surface area contributed by atoms with Crippen LogP contribution in [0.1, 0.15) is 21.5 Å². The molecule has 2 rings (SSSR count). The summed E-state index contributed by atoms with van der Waals surface area (Å²) in [6.07, 6.45) is 0. The van der Waals surface area contributed by atoms with E-state index in [9.17, 15) is 9.00 Å². The molecule has 0 aliphatic heterocycles. The normalized spacial score (nSPS) is 12.1. The number of anilines is 1. The number of carbonyl (C=O) groups is 1. The van der Waals surface area contributed by atoms with Crippen LogP contribution in [-0.4, -0.2) is 10.1 Å². The average molecular weight is 323 g/mol. The van der Waals surface area contributed by atoms with Crippen LogP contribution < -0.4 is 11.5 Å². The van der Waals surface area contributed by atoms with Gasteiger partial charge in [-0.1, -0.05) is 17.7 Å². The molecule has 2 aromatic carbocycles. The number of benzene rings is 2. The molecule has 0 spiro atoms. The molecule has 4 N–H and O–H groups in total. The van der Waals surface area contributed by atoms with Crippen LogP contribution in [-0.2, 0) is 16.6 Å². The number of carbonyl (C=O) groups excluding carboxylic acids is 1. The number of amides is 1. The zero-order valence-electron chi connectivity index (χ0n) is 11.4. The van der Waals surface area contributed by atoms with Crippen LogP contribution in [0.3, 0.4) is 0 Å². The van der Waals surface area contributed by atoms with Gasteiger partial charge in [-0.2, -0.15) is 0 Å². The smallest absolute Gasteiger partial charge is 0.248 e. The first kappa shape index (κ1) is 15.5. The lowest BCUT2D eigenvalue weighted by molar-refractivity contribution is 0.1000. The van der Waals surface area contributed by atoms with Crippen molar-refractivity contribution in [1.29, 1.82) is 0 Å². The Morgan fingerprint density at radius 3 is 2.52 bits per heavy atom. The Bertz CT molecular complexity index is 732. The lowest BCUT2D eigenvalue weighted by Gasteiger charge is -2.08. The third kappa shape index (κ3) is 3.62. The third-order valence-electron chi connectivity index (χ3n) is 3.15. The maximum absolute atomic E-state index is 12.4. The van der Waals surface area contributed by atoms with E-state index in [1.54, 1.807) is 36.4 Å². The average Bonchev–Trinajstić information content (AvgIpc) is 2.43. The van der Waals surface area contributed by atoms with Gasteiger partial charge in [0.2, 0.25) is 5.91 Å². The largest absolute Gasteiger partial charge is 0.398 e. The highest BCUT2D eigenvalue weighted by Gasteiger charge is 2.10. The molecular weight excluding hydrogens is 308 g/mol. The molecule has 0 bridgehead atoms. The van der Waals surface area contributed by atoms with E-state index in [-0.39, 0.29) is 0 Å². The molecule has 1 atom stereocenters. The van der Waals surface area contributed by atoms with Gasteiger partial charge in [0.1, 0.15) is 0 Å². The molecule has 2 aromatic rings. The minimum Gasteiger partial charge on any atom is -0.398 e. The third-order valence-corrected chi connectivity index (χ3v) is 4.83. The Hall–Kier alpha value is -1.85. The van der Waals surface area contributed by atoms with Gasteiger partial charge in [-0.05, 0) is 48.4 Å². The Morgan fingerprint density at radius 2 is 1.95 bits per heavy atom. The molecule has 6 heteroatoms. The van der Waals surface area contributed by atoms with Crippen molar-refractivity contribution in [2.45, 2.75) is 17.6 Å². The molecule has 4 nitrogen and oxygen atoms in total. The molecule has 0 aliphatic rings. The van der Waals surface area contributed by atoms with Gasteiger partial charge >= 0.3 is 0 Å². The number of halogens is 1. The highest BCUT2D eigenvalue weighted by atomic mass is 35.5. The summed E-state index contributed by atoms with van der Waals surface area (Å²) in [4.78, 5) is 11.7. The molecule has 0 saturated heterocycles. The van der Waals surface area contributed by atoms with E-state index in [0.717, 1.165) is 11.1 Å². The van der Waals surface area contributed by atoms with E-state index in [0.29, 0.717) is 26.9 Å². The van der Waals surface area contributed by atoms with Gasteiger partial charge in [-0.15, -0.1) is 0 Å². The highest BCUT2D eigenvalue weighted by Crippen LogP contribution is 2.23. The van der Waals surface area contributed by atoms with Gasteiger partial charge in [-0.25, -0.2) is 0 Å². The highest BCUT2D eigenvalue weighted by molar-refractivity contribution is 7.84. The topological polar surface area (TPSA) is 86.2 Å². The van der Waals surface area contributed by atoms with E-state index in [2.05, 4.69) is 0 Å². The van der Waals surface area contributed by atoms with Crippen molar-refractivity contribution in [1.82, 2.24) is 0 Å². The van der Waals surface area contributed by atoms with Gasteiger partial charge in [0.05, 0.1) is 27.3 Å². The predicted molar refractivity (Wildman–Crippen MR) is 85.7 cm³/mol. The summed E-state index contributed by atoms with van der Waals surface area (Å²) in [7, 11) is -1.24. The Morgan fingerprint density at radius 1 is 1.24 bits per heavy atom. The number of nitrogen functional groups attached to an aromatic ring is 1. The van der Waals surface area contributed by atoms with Crippen molar-refractivity contribution >= 4 is 34.0 Å². The Balaban J connectivity index is 2.23. The fourth-order valence-electron chi connectivity index (χ4n) is 1.89. The first-order chi connectivity index (χ1) is 9.88. The summed E-state index contributed by atoms with van der Waals surface area (Å²) in [5, 5.41) is 0.390. The van der Waals surface area contributed by atoms with Crippen molar-refractivity contribution in [3.05, 3.63) is 58.1 Å². The van der Waals surface area contributed by atoms with Crippen LogP contribution in [0.2, 0.25) is 5.02 Å². The number of hydrogen-bond acceptors (Lipinski definition) is 3. The minimum atomic E-state index is -1.24. The Kier molecular flexibility index (Phi) is 4.65. The molecule has 0 aromatic heterocycles. The zero-order chi connectivity index (χ0) is 15.6. The summed E-state index contributed by atoms with van der Waals surface area (Å²) >= 11 is 5.94. The molecule has 0 heterocycles. The fraction of sp³-hybridized carbons (Fsp3) is 0.133. The van der Waals surface area contributed by atoms with Crippen molar-refractivity contribution < 1.29 is 9.00 Å². The summed E-state index contributed by atoms with van der Waals surface area (Å²) in [6, 6.07) is 10.1. The predicted octanol–water partition coefficient (Wildman–Crippen LogP) is 2.64. The van der Waals surface area contributed by atoms with E-state index < -0.39 is 16.7 Å². The van der Waals surface area contributed by atoms with Crippen LogP contribution in [0.4, 0.5) is 5.69 Å². The molecule has 1 unspecified atom stereocenters. The maximum Gasteiger partial charge on any atom is 0.248 e. The van der Waals surface area contributed by atoms with Gasteiger partial charge in [0.15, 0.2) is 0 Å². The zero-order valence-corrected chi connectivity index (χ0v) is 13.0. The van der Waals surface area contributed by atoms with Gasteiger partial charge in [-0.3, -0.25) is 9.00 Å². The van der Waals surface area contributed by atoms with Gasteiger partial charge < -0.3 is 11.5 Å². The number of nitrogens with two attached hydrogens (primary N) is 2. The van der Waals surface area contributed by atoms with E-state index in [1.807, 2.05) is 6.92 Å². The summed E-state index contributed by atoms with van der Waals surface area (Å²) < 4.78 is 12.4. The number of hydrogen-bond donors (Lipinski definition) is 2. The lowest BCUT2D eigenvalue weighted by atomic mass is 10.1. The Labute approximate surface area is 130 Å². The first-order valence-corrected chi connectivity index (χ1v) is 7.91. The molecule has 0 fully saturated rings. The van der Waals surface area contributed by atoms with E-state index >= 15 is 0 Å². The molecule has 1 amide bonds. The van der Waals surface area contributed by atoms with Gasteiger partial charge in [0.25, 0.3) is 0 Å². The summed E-state index contributed by atoms with van der Waals surface area (Å²) in [5.74, 6) is -0.137. The first-order valence-electron chi connectivity index (χ1n) is 6.21. The molecule has 0 saturated carbocycles. The minimum absolute atomic E-state index is 0.338. The van der Waals surface area contributed by atoms with Crippen molar-refractivity contribution in [2.75, 3.05) is 5.73 Å². The SMILES string of the molecule is Cc1cc(C(N)=O)ccc1CS(=O)c1ccc(N)c(Cl)c1.